The highest BCUT2D eigenvalue weighted by molar-refractivity contribution is 7.99. The maximum Gasteiger partial charge on any atom is 0.159 e. The third kappa shape index (κ3) is 3.78. The first kappa shape index (κ1) is 14.0. The van der Waals surface area contributed by atoms with Crippen LogP contribution in [0.2, 0.25) is 0 Å². The van der Waals surface area contributed by atoms with Crippen molar-refractivity contribution in [3.8, 4) is 0 Å². The summed E-state index contributed by atoms with van der Waals surface area (Å²) in [5.74, 6) is -0.853. The molecular formula is C15H15F2NS. The van der Waals surface area contributed by atoms with Gasteiger partial charge in [-0.05, 0) is 30.8 Å². The van der Waals surface area contributed by atoms with Crippen molar-refractivity contribution in [2.75, 3.05) is 12.8 Å². The summed E-state index contributed by atoms with van der Waals surface area (Å²) in [5.41, 5.74) is 1.18. The Labute approximate surface area is 116 Å². The molecule has 0 amide bonds. The average molecular weight is 279 g/mol. The van der Waals surface area contributed by atoms with Gasteiger partial charge < -0.3 is 5.32 Å². The van der Waals surface area contributed by atoms with Crippen LogP contribution in [0.25, 0.3) is 0 Å². The van der Waals surface area contributed by atoms with Crippen molar-refractivity contribution >= 4 is 11.8 Å². The molecule has 1 N–H and O–H groups in total. The van der Waals surface area contributed by atoms with E-state index < -0.39 is 11.6 Å². The summed E-state index contributed by atoms with van der Waals surface area (Å²) in [6.07, 6.45) is 0. The summed E-state index contributed by atoms with van der Waals surface area (Å²) in [5, 5.41) is 3.23. The predicted molar refractivity (Wildman–Crippen MR) is 75.3 cm³/mol. The van der Waals surface area contributed by atoms with Crippen LogP contribution in [0.1, 0.15) is 11.6 Å². The lowest BCUT2D eigenvalue weighted by molar-refractivity contribution is 0.506. The van der Waals surface area contributed by atoms with E-state index in [2.05, 4.69) is 5.32 Å². The van der Waals surface area contributed by atoms with Gasteiger partial charge in [0.25, 0.3) is 0 Å². The summed E-state index contributed by atoms with van der Waals surface area (Å²) in [6.45, 7) is 0. The summed E-state index contributed by atoms with van der Waals surface area (Å²) in [4.78, 5) is 0.732. The SMILES string of the molecule is CNC(CSc1ccc(F)c(F)c1)c1ccccc1. The van der Waals surface area contributed by atoms with Gasteiger partial charge >= 0.3 is 0 Å². The lowest BCUT2D eigenvalue weighted by Crippen LogP contribution is -2.18. The molecular weight excluding hydrogens is 264 g/mol. The highest BCUT2D eigenvalue weighted by atomic mass is 32.2. The van der Waals surface area contributed by atoms with E-state index in [0.717, 1.165) is 16.7 Å². The molecule has 2 rings (SSSR count). The van der Waals surface area contributed by atoms with E-state index >= 15 is 0 Å². The van der Waals surface area contributed by atoms with Crippen molar-refractivity contribution in [3.05, 3.63) is 65.7 Å². The fourth-order valence-corrected chi connectivity index (χ4v) is 2.85. The van der Waals surface area contributed by atoms with Crippen molar-refractivity contribution in [2.45, 2.75) is 10.9 Å². The first-order valence-electron chi connectivity index (χ1n) is 6.01. The second kappa shape index (κ2) is 6.68. The topological polar surface area (TPSA) is 12.0 Å². The number of halogens is 2. The first-order chi connectivity index (χ1) is 9.20. The summed E-state index contributed by atoms with van der Waals surface area (Å²) >= 11 is 1.50. The Bertz CT molecular complexity index is 531. The van der Waals surface area contributed by atoms with E-state index in [1.165, 1.54) is 23.4 Å². The van der Waals surface area contributed by atoms with Crippen LogP contribution in [0.4, 0.5) is 8.78 Å². The van der Waals surface area contributed by atoms with Gasteiger partial charge in [0, 0.05) is 16.7 Å². The molecule has 2 aromatic rings. The van der Waals surface area contributed by atoms with Crippen molar-refractivity contribution in [1.82, 2.24) is 5.32 Å². The average Bonchev–Trinajstić information content (AvgIpc) is 2.44. The number of hydrogen-bond donors (Lipinski definition) is 1. The smallest absolute Gasteiger partial charge is 0.159 e. The van der Waals surface area contributed by atoms with Gasteiger partial charge in [-0.2, -0.15) is 0 Å². The minimum atomic E-state index is -0.808. The molecule has 0 spiro atoms. The Kier molecular flexibility index (Phi) is 4.93. The zero-order valence-electron chi connectivity index (χ0n) is 10.6. The van der Waals surface area contributed by atoms with E-state index in [1.54, 1.807) is 6.07 Å². The van der Waals surface area contributed by atoms with Crippen LogP contribution >= 0.6 is 11.8 Å². The lowest BCUT2D eigenvalue weighted by Gasteiger charge is -2.16. The van der Waals surface area contributed by atoms with Gasteiger partial charge in [-0.3, -0.25) is 0 Å². The van der Waals surface area contributed by atoms with E-state index in [9.17, 15) is 8.78 Å². The van der Waals surface area contributed by atoms with Crippen LogP contribution in [0.15, 0.2) is 53.4 Å². The first-order valence-corrected chi connectivity index (χ1v) is 6.99. The van der Waals surface area contributed by atoms with E-state index in [0.29, 0.717) is 0 Å². The van der Waals surface area contributed by atoms with Gasteiger partial charge in [0.1, 0.15) is 0 Å². The molecule has 0 heterocycles. The number of rotatable bonds is 5. The number of nitrogens with one attached hydrogen (secondary N) is 1. The van der Waals surface area contributed by atoms with Gasteiger partial charge in [0.05, 0.1) is 0 Å². The highest BCUT2D eigenvalue weighted by Crippen LogP contribution is 2.25. The maximum absolute atomic E-state index is 13.1. The molecule has 0 saturated heterocycles. The molecule has 0 aromatic heterocycles. The fourth-order valence-electron chi connectivity index (χ4n) is 1.78. The summed E-state index contributed by atoms with van der Waals surface area (Å²) in [7, 11) is 1.89. The van der Waals surface area contributed by atoms with E-state index in [-0.39, 0.29) is 6.04 Å². The Balaban J connectivity index is 2.02. The Morgan fingerprint density at radius 3 is 2.42 bits per heavy atom. The highest BCUT2D eigenvalue weighted by Gasteiger charge is 2.10. The van der Waals surface area contributed by atoms with E-state index in [4.69, 9.17) is 0 Å². The van der Waals surface area contributed by atoms with Gasteiger partial charge in [0.2, 0.25) is 0 Å². The minimum Gasteiger partial charge on any atom is -0.312 e. The third-order valence-electron chi connectivity index (χ3n) is 2.86. The van der Waals surface area contributed by atoms with Crippen LogP contribution in [0, 0.1) is 11.6 Å². The van der Waals surface area contributed by atoms with Crippen LogP contribution in [0.3, 0.4) is 0 Å². The van der Waals surface area contributed by atoms with Crippen molar-refractivity contribution in [1.29, 1.82) is 0 Å². The Hall–Kier alpha value is -1.39. The molecule has 0 aliphatic rings. The molecule has 0 fully saturated rings. The third-order valence-corrected chi connectivity index (χ3v) is 3.95. The van der Waals surface area contributed by atoms with Crippen molar-refractivity contribution in [2.24, 2.45) is 0 Å². The molecule has 0 aliphatic carbocycles. The lowest BCUT2D eigenvalue weighted by atomic mass is 10.1. The summed E-state index contributed by atoms with van der Waals surface area (Å²) < 4.78 is 25.9. The molecule has 0 radical (unpaired) electrons. The Morgan fingerprint density at radius 2 is 1.79 bits per heavy atom. The Morgan fingerprint density at radius 1 is 1.05 bits per heavy atom. The second-order valence-electron chi connectivity index (χ2n) is 4.14. The number of thioether (sulfide) groups is 1. The molecule has 19 heavy (non-hydrogen) atoms. The minimum absolute atomic E-state index is 0.180. The quantitative estimate of drug-likeness (QED) is 0.830. The van der Waals surface area contributed by atoms with Gasteiger partial charge in [-0.15, -0.1) is 11.8 Å². The molecule has 1 unspecified atom stereocenters. The second-order valence-corrected chi connectivity index (χ2v) is 5.23. The molecule has 100 valence electrons. The van der Waals surface area contributed by atoms with Gasteiger partial charge in [-0.25, -0.2) is 8.78 Å². The molecule has 4 heteroatoms. The molecule has 2 aromatic carbocycles. The number of hydrogen-bond acceptors (Lipinski definition) is 2. The summed E-state index contributed by atoms with van der Waals surface area (Å²) in [6, 6.07) is 14.2. The van der Waals surface area contributed by atoms with Crippen molar-refractivity contribution in [3.63, 3.8) is 0 Å². The molecule has 1 atom stereocenters. The number of benzene rings is 2. The standard InChI is InChI=1S/C15H15F2NS/c1-18-15(11-5-3-2-4-6-11)10-19-12-7-8-13(16)14(17)9-12/h2-9,15,18H,10H2,1H3. The van der Waals surface area contributed by atoms with Crippen LogP contribution in [-0.4, -0.2) is 12.8 Å². The van der Waals surface area contributed by atoms with Crippen LogP contribution < -0.4 is 5.32 Å². The van der Waals surface area contributed by atoms with Crippen LogP contribution in [0.5, 0.6) is 0 Å². The van der Waals surface area contributed by atoms with Crippen LogP contribution in [-0.2, 0) is 0 Å². The molecule has 1 nitrogen and oxygen atoms in total. The van der Waals surface area contributed by atoms with Gasteiger partial charge in [-0.1, -0.05) is 30.3 Å². The zero-order chi connectivity index (χ0) is 13.7. The van der Waals surface area contributed by atoms with E-state index in [1.807, 2.05) is 37.4 Å². The fraction of sp³-hybridized carbons (Fsp3) is 0.200. The normalized spacial score (nSPS) is 12.4. The molecule has 0 saturated carbocycles. The zero-order valence-corrected chi connectivity index (χ0v) is 11.4. The molecule has 0 aliphatic heterocycles. The van der Waals surface area contributed by atoms with Crippen molar-refractivity contribution < 1.29 is 8.78 Å². The van der Waals surface area contributed by atoms with Gasteiger partial charge in [0.15, 0.2) is 11.6 Å². The molecule has 0 bridgehead atoms. The largest absolute Gasteiger partial charge is 0.312 e. The predicted octanol–water partition coefficient (Wildman–Crippen LogP) is 4.02. The maximum atomic E-state index is 13.1. The monoisotopic (exact) mass is 279 g/mol.